The van der Waals surface area contributed by atoms with Crippen molar-refractivity contribution < 1.29 is 14.4 Å². The van der Waals surface area contributed by atoms with Crippen molar-refractivity contribution in [3.63, 3.8) is 0 Å². The second-order valence-corrected chi connectivity index (χ2v) is 7.25. The molecule has 4 rings (SSSR count). The summed E-state index contributed by atoms with van der Waals surface area (Å²) in [4.78, 5) is 42.5. The van der Waals surface area contributed by atoms with Crippen molar-refractivity contribution in [1.82, 2.24) is 4.98 Å². The Bertz CT molecular complexity index is 1170. The van der Waals surface area contributed by atoms with Gasteiger partial charge >= 0.3 is 0 Å². The number of anilines is 3. The van der Waals surface area contributed by atoms with Gasteiger partial charge in [-0.1, -0.05) is 35.3 Å². The molecule has 0 saturated heterocycles. The largest absolute Gasteiger partial charge is 0.323 e. The van der Waals surface area contributed by atoms with Gasteiger partial charge in [-0.3, -0.25) is 19.3 Å². The zero-order valence-electron chi connectivity index (χ0n) is 15.4. The molecule has 0 unspecified atom stereocenters. The second kappa shape index (κ2) is 8.14. The predicted octanol–water partition coefficient (Wildman–Crippen LogP) is 4.24. The quantitative estimate of drug-likeness (QED) is 0.595. The molecule has 9 heteroatoms. The maximum Gasteiger partial charge on any atom is 0.258 e. The lowest BCUT2D eigenvalue weighted by atomic mass is 10.1. The number of nitrogens with one attached hydrogen (secondary N) is 2. The fourth-order valence-electron chi connectivity index (χ4n) is 3.02. The highest BCUT2D eigenvalue weighted by molar-refractivity contribution is 6.41. The molecule has 2 heterocycles. The average Bonchev–Trinajstić information content (AvgIpc) is 2.75. The molecular weight excluding hydrogens is 427 g/mol. The Kier molecular flexibility index (Phi) is 5.39. The molecule has 3 amide bonds. The fraction of sp³-hybridized carbons (Fsp3) is 0.0476. The van der Waals surface area contributed by atoms with E-state index in [1.165, 1.54) is 17.2 Å². The first-order valence-electron chi connectivity index (χ1n) is 8.85. The highest BCUT2D eigenvalue weighted by Gasteiger charge is 2.27. The molecule has 30 heavy (non-hydrogen) atoms. The van der Waals surface area contributed by atoms with Crippen molar-refractivity contribution in [1.29, 1.82) is 0 Å². The normalized spacial score (nSPS) is 12.7. The number of rotatable bonds is 3. The van der Waals surface area contributed by atoms with Crippen LogP contribution in [-0.2, 0) is 4.79 Å². The third kappa shape index (κ3) is 3.98. The van der Waals surface area contributed by atoms with Crippen LogP contribution in [0.25, 0.3) is 0 Å². The summed E-state index contributed by atoms with van der Waals surface area (Å²) in [6.07, 6.45) is 1.32. The van der Waals surface area contributed by atoms with Gasteiger partial charge in [-0.15, -0.1) is 0 Å². The fourth-order valence-corrected chi connectivity index (χ4v) is 3.28. The predicted molar refractivity (Wildman–Crippen MR) is 115 cm³/mol. The molecule has 2 N–H and O–H groups in total. The number of amides is 3. The maximum absolute atomic E-state index is 13.0. The topological polar surface area (TPSA) is 91.4 Å². The molecule has 1 aliphatic heterocycles. The molecule has 1 aliphatic rings. The molecule has 0 saturated carbocycles. The summed E-state index contributed by atoms with van der Waals surface area (Å²) in [5.41, 5.74) is 2.33. The Morgan fingerprint density at radius 1 is 1.03 bits per heavy atom. The third-order valence-electron chi connectivity index (χ3n) is 4.46. The Labute approximate surface area is 181 Å². The Morgan fingerprint density at radius 2 is 1.77 bits per heavy atom. The summed E-state index contributed by atoms with van der Waals surface area (Å²) in [6.45, 7) is -0.0708. The van der Waals surface area contributed by atoms with Gasteiger partial charge in [0.25, 0.3) is 11.8 Å². The van der Waals surface area contributed by atoms with Crippen LogP contribution in [0.1, 0.15) is 20.7 Å². The molecule has 0 radical (unpaired) electrons. The van der Waals surface area contributed by atoms with Crippen molar-refractivity contribution in [2.24, 2.45) is 0 Å². The number of halogens is 2. The zero-order valence-corrected chi connectivity index (χ0v) is 16.9. The van der Waals surface area contributed by atoms with Gasteiger partial charge in [-0.2, -0.15) is 0 Å². The molecule has 0 aliphatic carbocycles. The SMILES string of the molecule is O=C1CN(C(=O)c2ccc(NC(=O)c3cnc(Cl)c(Cl)c3)cc2)c2ccccc2N1. The van der Waals surface area contributed by atoms with Crippen LogP contribution in [0, 0.1) is 0 Å². The van der Waals surface area contributed by atoms with E-state index in [1.807, 2.05) is 0 Å². The highest BCUT2D eigenvalue weighted by Crippen LogP contribution is 2.30. The van der Waals surface area contributed by atoms with Crippen molar-refractivity contribution in [3.8, 4) is 0 Å². The summed E-state index contributed by atoms with van der Waals surface area (Å²) in [5.74, 6) is -0.994. The minimum Gasteiger partial charge on any atom is -0.323 e. The van der Waals surface area contributed by atoms with E-state index < -0.39 is 5.91 Å². The summed E-state index contributed by atoms with van der Waals surface area (Å²) >= 11 is 11.7. The molecular formula is C21H14Cl2N4O3. The van der Waals surface area contributed by atoms with Gasteiger partial charge in [0, 0.05) is 17.4 Å². The van der Waals surface area contributed by atoms with Crippen molar-refractivity contribution in [3.05, 3.63) is 82.1 Å². The van der Waals surface area contributed by atoms with E-state index in [4.69, 9.17) is 23.2 Å². The number of aromatic nitrogens is 1. The second-order valence-electron chi connectivity index (χ2n) is 6.48. The minimum atomic E-state index is -0.415. The molecule has 3 aromatic rings. The van der Waals surface area contributed by atoms with E-state index in [2.05, 4.69) is 15.6 Å². The van der Waals surface area contributed by atoms with E-state index in [0.29, 0.717) is 22.6 Å². The number of nitrogens with zero attached hydrogens (tertiary/aromatic N) is 2. The number of hydrogen-bond donors (Lipinski definition) is 2. The lowest BCUT2D eigenvalue weighted by Crippen LogP contribution is -2.42. The molecule has 2 aromatic carbocycles. The zero-order chi connectivity index (χ0) is 21.3. The van der Waals surface area contributed by atoms with Crippen molar-refractivity contribution >= 4 is 58.0 Å². The maximum atomic E-state index is 13.0. The Morgan fingerprint density at radius 3 is 2.50 bits per heavy atom. The van der Waals surface area contributed by atoms with Crippen molar-refractivity contribution in [2.45, 2.75) is 0 Å². The van der Waals surface area contributed by atoms with Gasteiger partial charge in [-0.05, 0) is 42.5 Å². The van der Waals surface area contributed by atoms with Gasteiger partial charge in [0.15, 0.2) is 0 Å². The number of fused-ring (bicyclic) bond motifs is 1. The summed E-state index contributed by atoms with van der Waals surface area (Å²) in [5, 5.41) is 5.74. The van der Waals surface area contributed by atoms with E-state index in [1.54, 1.807) is 48.5 Å². The van der Waals surface area contributed by atoms with Crippen LogP contribution in [0.4, 0.5) is 17.1 Å². The average molecular weight is 441 g/mol. The molecule has 150 valence electrons. The number of pyridine rings is 1. The lowest BCUT2D eigenvalue weighted by molar-refractivity contribution is -0.115. The van der Waals surface area contributed by atoms with E-state index in [-0.39, 0.29) is 34.1 Å². The molecule has 0 atom stereocenters. The first kappa shape index (κ1) is 19.9. The number of benzene rings is 2. The number of carbonyl (C=O) groups excluding carboxylic acids is 3. The number of hydrogen-bond acceptors (Lipinski definition) is 4. The molecule has 7 nitrogen and oxygen atoms in total. The van der Waals surface area contributed by atoms with Gasteiger partial charge in [0.2, 0.25) is 5.91 Å². The summed E-state index contributed by atoms with van der Waals surface area (Å²) < 4.78 is 0. The summed E-state index contributed by atoms with van der Waals surface area (Å²) in [6, 6.07) is 14.9. The van der Waals surface area contributed by atoms with Gasteiger partial charge in [-0.25, -0.2) is 4.98 Å². The van der Waals surface area contributed by atoms with E-state index in [9.17, 15) is 14.4 Å². The van der Waals surface area contributed by atoms with Gasteiger partial charge in [0.05, 0.1) is 22.0 Å². The first-order chi connectivity index (χ1) is 14.4. The van der Waals surface area contributed by atoms with E-state index in [0.717, 1.165) is 0 Å². The smallest absolute Gasteiger partial charge is 0.258 e. The van der Waals surface area contributed by atoms with E-state index >= 15 is 0 Å². The Hall–Kier alpha value is -3.42. The van der Waals surface area contributed by atoms with Gasteiger partial charge < -0.3 is 10.6 Å². The van der Waals surface area contributed by atoms with Crippen LogP contribution in [0.15, 0.2) is 60.8 Å². The minimum absolute atomic E-state index is 0.0708. The molecule has 0 spiro atoms. The monoisotopic (exact) mass is 440 g/mol. The van der Waals surface area contributed by atoms with Crippen LogP contribution in [0.3, 0.4) is 0 Å². The first-order valence-corrected chi connectivity index (χ1v) is 9.61. The van der Waals surface area contributed by atoms with Crippen LogP contribution in [-0.4, -0.2) is 29.3 Å². The Balaban J connectivity index is 1.51. The molecule has 0 fully saturated rings. The highest BCUT2D eigenvalue weighted by atomic mass is 35.5. The standard InChI is InChI=1S/C21H14Cl2N4O3/c22-15-9-13(10-24-19(15)23)20(29)25-14-7-5-12(6-8-14)21(30)27-11-18(28)26-16-3-1-2-4-17(16)27/h1-10H,11H2,(H,25,29)(H,26,28). The van der Waals surface area contributed by atoms with Crippen LogP contribution in [0.5, 0.6) is 0 Å². The summed E-state index contributed by atoms with van der Waals surface area (Å²) in [7, 11) is 0. The van der Waals surface area contributed by atoms with Crippen LogP contribution >= 0.6 is 23.2 Å². The number of carbonyl (C=O) groups is 3. The van der Waals surface area contributed by atoms with Crippen LogP contribution < -0.4 is 15.5 Å². The lowest BCUT2D eigenvalue weighted by Gasteiger charge is -2.29. The third-order valence-corrected chi connectivity index (χ3v) is 5.15. The van der Waals surface area contributed by atoms with Gasteiger partial charge in [0.1, 0.15) is 11.7 Å². The van der Waals surface area contributed by atoms with Crippen molar-refractivity contribution in [2.75, 3.05) is 22.1 Å². The molecule has 1 aromatic heterocycles. The van der Waals surface area contributed by atoms with Crippen LogP contribution in [0.2, 0.25) is 10.2 Å². The number of para-hydroxylation sites is 2. The molecule has 0 bridgehead atoms.